The first-order valence-corrected chi connectivity index (χ1v) is 1.10. The van der Waals surface area contributed by atoms with Crippen LogP contribution >= 0.6 is 0 Å². The van der Waals surface area contributed by atoms with Crippen LogP contribution < -0.4 is 0 Å². The maximum Gasteiger partial charge on any atom is 1.00 e. The summed E-state index contributed by atoms with van der Waals surface area (Å²) in [7, 11) is 0. The average Bonchev–Trinajstić information content (AvgIpc) is 1.25. The quantitative estimate of drug-likeness (QED) is 0.276. The Hall–Kier alpha value is 0.0623. The molecule has 0 radical (unpaired) electrons. The summed E-state index contributed by atoms with van der Waals surface area (Å²) in [6.07, 6.45) is 0. The third kappa shape index (κ3) is 103000. The van der Waals surface area contributed by atoms with Gasteiger partial charge in [0.05, 0.1) is 10.2 Å². The molecule has 0 heterocycles. The van der Waals surface area contributed by atoms with Crippen molar-refractivity contribution in [2.24, 2.45) is 0 Å². The van der Waals surface area contributed by atoms with Gasteiger partial charge in [-0.15, -0.1) is 0 Å². The van der Waals surface area contributed by atoms with Crippen LogP contribution in [0.4, 0.5) is 0 Å². The summed E-state index contributed by atoms with van der Waals surface area (Å²) in [6, 6.07) is 0. The van der Waals surface area contributed by atoms with Gasteiger partial charge in [-0.25, -0.2) is 0 Å². The van der Waals surface area contributed by atoms with E-state index in [0.717, 1.165) is 0 Å². The van der Waals surface area contributed by atoms with Gasteiger partial charge in [-0.3, -0.25) is 0 Å². The van der Waals surface area contributed by atoms with E-state index in [1.54, 1.807) is 0 Å². The van der Waals surface area contributed by atoms with Crippen LogP contribution in [0.15, 0.2) is 0 Å². The average molecular weight is 436 g/mol. The second-order valence-electron chi connectivity index (χ2n) is 0.447. The van der Waals surface area contributed by atoms with E-state index in [1.165, 1.54) is 0 Å². The van der Waals surface area contributed by atoms with Crippen molar-refractivity contribution in [2.45, 2.75) is 0 Å². The minimum atomic E-state index is -1.75. The number of nitrogens with zero attached hydrogens (tertiary/aromatic N) is 2. The molecule has 0 aliphatic carbocycles. The molecular weight excluding hydrogens is 436 g/mol. The first-order chi connectivity index (χ1) is 3.46. The molecule has 0 aliphatic rings. The minimum absolute atomic E-state index is 0. The molecule has 0 spiro atoms. The SMILES string of the molecule is O=[N+]([O-])[O-].O=[N+]([O-])[O-].[Ag+].[Tl+]. The van der Waals surface area contributed by atoms with Gasteiger partial charge in [0, 0.05) is 0 Å². The van der Waals surface area contributed by atoms with E-state index in [0.29, 0.717) is 0 Å². The van der Waals surface area contributed by atoms with E-state index >= 15 is 0 Å². The van der Waals surface area contributed by atoms with E-state index in [4.69, 9.17) is 30.6 Å². The summed E-state index contributed by atoms with van der Waals surface area (Å²) >= 11 is 0. The molecule has 0 fully saturated rings. The minimum Gasteiger partial charge on any atom is -0.356 e. The molecule has 0 bridgehead atoms. The van der Waals surface area contributed by atoms with Gasteiger partial charge in [-0.05, 0) is 0 Å². The van der Waals surface area contributed by atoms with Crippen molar-refractivity contribution in [2.75, 3.05) is 0 Å². The molecule has 0 rings (SSSR count). The molecule has 0 N–H and O–H groups in total. The van der Waals surface area contributed by atoms with E-state index < -0.39 is 10.2 Å². The normalized spacial score (nSPS) is 4.80. The van der Waals surface area contributed by atoms with Crippen LogP contribution in [0, 0.1) is 30.6 Å². The Labute approximate surface area is 90.1 Å². The Morgan fingerprint density at radius 3 is 0.800 bits per heavy atom. The molecule has 0 aromatic rings. The Balaban J connectivity index is -0.0000000300. The zero-order valence-corrected chi connectivity index (χ0v) is 10.2. The van der Waals surface area contributed by atoms with Gasteiger partial charge in [-0.1, -0.05) is 0 Å². The molecule has 60 valence electrons. The van der Waals surface area contributed by atoms with Crippen LogP contribution in [0.1, 0.15) is 0 Å². The maximum absolute atomic E-state index is 8.25. The molecule has 10 heavy (non-hydrogen) atoms. The Morgan fingerprint density at radius 2 is 0.800 bits per heavy atom. The molecule has 0 saturated heterocycles. The summed E-state index contributed by atoms with van der Waals surface area (Å²) in [4.78, 5) is 16.5. The van der Waals surface area contributed by atoms with Crippen LogP contribution in [-0.2, 0) is 22.4 Å². The predicted molar refractivity (Wildman–Crippen MR) is 26.5 cm³/mol. The number of rotatable bonds is 0. The van der Waals surface area contributed by atoms with E-state index in [1.807, 2.05) is 0 Å². The van der Waals surface area contributed by atoms with Crippen LogP contribution in [0.5, 0.6) is 0 Å². The van der Waals surface area contributed by atoms with Crippen LogP contribution in [0.3, 0.4) is 0 Å². The summed E-state index contributed by atoms with van der Waals surface area (Å²) in [5.41, 5.74) is 0. The molecule has 0 amide bonds. The fourth-order valence-electron chi connectivity index (χ4n) is 0. The Morgan fingerprint density at radius 1 is 0.800 bits per heavy atom. The van der Waals surface area contributed by atoms with Crippen LogP contribution in [0.2, 0.25) is 0 Å². The molecule has 10 heteroatoms. The van der Waals surface area contributed by atoms with E-state index in [2.05, 4.69) is 0 Å². The topological polar surface area (TPSA) is 132 Å². The van der Waals surface area contributed by atoms with Gasteiger partial charge in [0.1, 0.15) is 0 Å². The molecule has 0 saturated carbocycles. The van der Waals surface area contributed by atoms with Crippen LogP contribution in [0.25, 0.3) is 0 Å². The smallest absolute Gasteiger partial charge is 0.356 e. The van der Waals surface area contributed by atoms with Crippen molar-refractivity contribution in [1.82, 2.24) is 0 Å². The largest absolute Gasteiger partial charge is 1.00 e. The molecule has 0 aromatic heterocycles. The second kappa shape index (κ2) is 16.0. The molecule has 8 nitrogen and oxygen atoms in total. The Kier molecular flexibility index (Phi) is 36.0. The fraction of sp³-hybridized carbons (Fsp3) is 0. The predicted octanol–water partition coefficient (Wildman–Crippen LogP) is -0.862. The van der Waals surface area contributed by atoms with Gasteiger partial charge in [-0.2, -0.15) is 0 Å². The Bertz CT molecular complexity index is 73.7. The van der Waals surface area contributed by atoms with Gasteiger partial charge in [0.25, 0.3) is 0 Å². The van der Waals surface area contributed by atoms with Crippen molar-refractivity contribution in [3.8, 4) is 0 Å². The summed E-state index contributed by atoms with van der Waals surface area (Å²) in [5, 5.41) is 29.5. The molecule has 0 atom stereocenters. The van der Waals surface area contributed by atoms with Crippen molar-refractivity contribution >= 4 is 27.3 Å². The first-order valence-electron chi connectivity index (χ1n) is 1.10. The van der Waals surface area contributed by atoms with Gasteiger partial charge >= 0.3 is 49.7 Å². The molecular formula is AgN2O6Tl. The fourth-order valence-corrected chi connectivity index (χ4v) is 0. The standard InChI is InChI=1S/Ag.2NO3.Tl/c;2*2-1(3)4;/q+1;2*-1;+1. The van der Waals surface area contributed by atoms with Crippen molar-refractivity contribution in [3.05, 3.63) is 30.6 Å². The summed E-state index contributed by atoms with van der Waals surface area (Å²) < 4.78 is 0. The number of hydrogen-bond acceptors (Lipinski definition) is 6. The summed E-state index contributed by atoms with van der Waals surface area (Å²) in [6.45, 7) is 0. The van der Waals surface area contributed by atoms with E-state index in [9.17, 15) is 0 Å². The van der Waals surface area contributed by atoms with Crippen molar-refractivity contribution in [3.63, 3.8) is 0 Å². The van der Waals surface area contributed by atoms with Crippen molar-refractivity contribution in [1.29, 1.82) is 0 Å². The summed E-state index contributed by atoms with van der Waals surface area (Å²) in [5.74, 6) is 0. The molecule has 0 aliphatic heterocycles. The first kappa shape index (κ1) is 22.5. The molecule has 0 unspecified atom stereocenters. The third-order valence-electron chi connectivity index (χ3n) is 0. The number of hydrogen-bond donors (Lipinski definition) is 0. The van der Waals surface area contributed by atoms with Gasteiger partial charge in [0.15, 0.2) is 0 Å². The second-order valence-corrected chi connectivity index (χ2v) is 0.447. The van der Waals surface area contributed by atoms with E-state index in [-0.39, 0.29) is 49.7 Å². The zero-order valence-electron chi connectivity index (χ0n) is 4.22. The monoisotopic (exact) mass is 436 g/mol. The third-order valence-corrected chi connectivity index (χ3v) is 0. The van der Waals surface area contributed by atoms with Crippen molar-refractivity contribution < 1.29 is 32.6 Å². The van der Waals surface area contributed by atoms with Gasteiger partial charge in [0.2, 0.25) is 0 Å². The maximum atomic E-state index is 8.25. The zero-order chi connectivity index (χ0) is 7.15. The molecule has 0 aromatic carbocycles. The van der Waals surface area contributed by atoms with Gasteiger partial charge < -0.3 is 30.6 Å². The van der Waals surface area contributed by atoms with Crippen LogP contribution in [-0.4, -0.2) is 37.5 Å².